The molecule has 1 fully saturated rings. The Morgan fingerprint density at radius 1 is 1.32 bits per heavy atom. The van der Waals surface area contributed by atoms with Gasteiger partial charge in [-0.15, -0.1) is 11.6 Å². The van der Waals surface area contributed by atoms with Gasteiger partial charge in [0.2, 0.25) is 0 Å². The summed E-state index contributed by atoms with van der Waals surface area (Å²) in [5.41, 5.74) is -0.935. The van der Waals surface area contributed by atoms with E-state index in [9.17, 15) is 22.8 Å². The van der Waals surface area contributed by atoms with E-state index in [1.807, 2.05) is 12.2 Å². The van der Waals surface area contributed by atoms with Gasteiger partial charge in [0, 0.05) is 12.0 Å². The topological polar surface area (TPSA) is 46.2 Å². The molecule has 0 spiro atoms. The quantitative estimate of drug-likeness (QED) is 0.811. The second-order valence-electron chi connectivity index (χ2n) is 5.20. The Bertz CT molecular complexity index is 349. The van der Waals surface area contributed by atoms with E-state index in [4.69, 9.17) is 11.6 Å². The Morgan fingerprint density at radius 2 is 1.84 bits per heavy atom. The fourth-order valence-electron chi connectivity index (χ4n) is 2.36. The largest absolute Gasteiger partial charge is 0.471 e. The molecule has 1 aliphatic rings. The molecule has 0 bridgehead atoms. The van der Waals surface area contributed by atoms with Crippen LogP contribution in [0.5, 0.6) is 0 Å². The van der Waals surface area contributed by atoms with Crippen LogP contribution in [0.2, 0.25) is 0 Å². The van der Waals surface area contributed by atoms with Crippen LogP contribution in [0.1, 0.15) is 32.6 Å². The molecule has 0 aromatic carbocycles. The monoisotopic (exact) mass is 299 g/mol. The molecule has 0 aromatic heterocycles. The van der Waals surface area contributed by atoms with Crippen LogP contribution in [0.4, 0.5) is 13.2 Å². The van der Waals surface area contributed by atoms with Crippen molar-refractivity contribution in [3.05, 3.63) is 0 Å². The number of halogens is 4. The van der Waals surface area contributed by atoms with Gasteiger partial charge in [0.15, 0.2) is 5.78 Å². The Kier molecular flexibility index (Phi) is 5.24. The molecule has 3 nitrogen and oxygen atoms in total. The van der Waals surface area contributed by atoms with E-state index < -0.39 is 17.5 Å². The molecule has 1 saturated carbocycles. The van der Waals surface area contributed by atoms with Crippen LogP contribution >= 0.6 is 11.6 Å². The number of ketones is 1. The minimum absolute atomic E-state index is 0.240. The highest BCUT2D eigenvalue weighted by Crippen LogP contribution is 2.39. The van der Waals surface area contributed by atoms with E-state index in [1.165, 1.54) is 0 Å². The molecule has 19 heavy (non-hydrogen) atoms. The molecular formula is C12H17ClF3NO2. The van der Waals surface area contributed by atoms with E-state index in [-0.39, 0.29) is 18.2 Å². The van der Waals surface area contributed by atoms with Crippen LogP contribution in [0.3, 0.4) is 0 Å². The molecule has 0 heterocycles. The van der Waals surface area contributed by atoms with Crippen molar-refractivity contribution in [3.8, 4) is 0 Å². The van der Waals surface area contributed by atoms with E-state index >= 15 is 0 Å². The third-order valence-electron chi connectivity index (χ3n) is 3.79. The zero-order valence-corrected chi connectivity index (χ0v) is 11.4. The van der Waals surface area contributed by atoms with Gasteiger partial charge in [-0.1, -0.05) is 6.92 Å². The highest BCUT2D eigenvalue weighted by molar-refractivity contribution is 6.28. The molecule has 1 N–H and O–H groups in total. The average molecular weight is 300 g/mol. The SMILES string of the molecule is CC1CCC(CNC(=O)C(F)(F)F)(C(=O)CCl)CC1. The molecule has 0 unspecified atom stereocenters. The number of alkyl halides is 4. The zero-order valence-electron chi connectivity index (χ0n) is 10.6. The molecule has 1 rings (SSSR count). The number of nitrogens with one attached hydrogen (secondary N) is 1. The minimum atomic E-state index is -4.92. The number of amides is 1. The van der Waals surface area contributed by atoms with E-state index in [0.717, 1.165) is 12.8 Å². The third kappa shape index (κ3) is 4.09. The summed E-state index contributed by atoms with van der Waals surface area (Å²) in [7, 11) is 0. The summed E-state index contributed by atoms with van der Waals surface area (Å²) in [4.78, 5) is 22.7. The van der Waals surface area contributed by atoms with Crippen molar-refractivity contribution in [3.63, 3.8) is 0 Å². The van der Waals surface area contributed by atoms with E-state index in [0.29, 0.717) is 18.8 Å². The summed E-state index contributed by atoms with van der Waals surface area (Å²) in [6.07, 6.45) is -2.47. The standard InChI is InChI=1S/C12H17ClF3NO2/c1-8-2-4-11(5-3-8,9(18)6-13)7-17-10(19)12(14,15)16/h8H,2-7H2,1H3,(H,17,19). The molecular weight excluding hydrogens is 283 g/mol. The Labute approximate surface area is 114 Å². The van der Waals surface area contributed by atoms with Crippen molar-refractivity contribution in [2.45, 2.75) is 38.8 Å². The smallest absolute Gasteiger partial charge is 0.347 e. The molecule has 0 aliphatic heterocycles. The third-order valence-corrected chi connectivity index (χ3v) is 4.03. The summed E-state index contributed by atoms with van der Waals surface area (Å²) >= 11 is 5.53. The lowest BCUT2D eigenvalue weighted by molar-refractivity contribution is -0.174. The highest BCUT2D eigenvalue weighted by atomic mass is 35.5. The lowest BCUT2D eigenvalue weighted by Crippen LogP contribution is -2.48. The molecule has 1 amide bonds. The van der Waals surface area contributed by atoms with Crippen molar-refractivity contribution >= 4 is 23.3 Å². The van der Waals surface area contributed by atoms with Gasteiger partial charge < -0.3 is 5.32 Å². The molecule has 7 heteroatoms. The first-order chi connectivity index (χ1) is 8.71. The van der Waals surface area contributed by atoms with Crippen molar-refractivity contribution in [2.75, 3.05) is 12.4 Å². The first-order valence-electron chi connectivity index (χ1n) is 6.15. The maximum absolute atomic E-state index is 12.2. The van der Waals surface area contributed by atoms with Gasteiger partial charge in [0.1, 0.15) is 0 Å². The first-order valence-corrected chi connectivity index (χ1v) is 6.69. The predicted octanol–water partition coefficient (Wildman–Crippen LogP) is 2.67. The van der Waals surface area contributed by atoms with Crippen LogP contribution in [0.15, 0.2) is 0 Å². The van der Waals surface area contributed by atoms with E-state index in [1.54, 1.807) is 0 Å². The van der Waals surface area contributed by atoms with Crippen LogP contribution in [-0.4, -0.2) is 30.3 Å². The number of hydrogen-bond donors (Lipinski definition) is 1. The molecule has 1 aliphatic carbocycles. The Balaban J connectivity index is 2.72. The van der Waals surface area contributed by atoms with Gasteiger partial charge in [0.05, 0.1) is 5.88 Å². The first kappa shape index (κ1) is 16.3. The number of carbonyl (C=O) groups excluding carboxylic acids is 2. The van der Waals surface area contributed by atoms with Crippen molar-refractivity contribution in [1.29, 1.82) is 0 Å². The predicted molar refractivity (Wildman–Crippen MR) is 64.9 cm³/mol. The van der Waals surface area contributed by atoms with Crippen LogP contribution < -0.4 is 5.32 Å². The number of hydrogen-bond acceptors (Lipinski definition) is 2. The Hall–Kier alpha value is -0.780. The van der Waals surface area contributed by atoms with Gasteiger partial charge in [-0.25, -0.2) is 0 Å². The fraction of sp³-hybridized carbons (Fsp3) is 0.833. The summed E-state index contributed by atoms with van der Waals surface area (Å²) in [6, 6.07) is 0. The van der Waals surface area contributed by atoms with Crippen LogP contribution in [-0.2, 0) is 9.59 Å². The maximum atomic E-state index is 12.2. The van der Waals surface area contributed by atoms with Crippen LogP contribution in [0, 0.1) is 11.3 Å². The lowest BCUT2D eigenvalue weighted by Gasteiger charge is -2.38. The fourth-order valence-corrected chi connectivity index (χ4v) is 2.64. The van der Waals surface area contributed by atoms with Gasteiger partial charge >= 0.3 is 12.1 Å². The highest BCUT2D eigenvalue weighted by Gasteiger charge is 2.44. The number of rotatable bonds is 4. The summed E-state index contributed by atoms with van der Waals surface area (Å²) < 4.78 is 36.5. The number of carbonyl (C=O) groups is 2. The second-order valence-corrected chi connectivity index (χ2v) is 5.47. The second kappa shape index (κ2) is 6.11. The summed E-state index contributed by atoms with van der Waals surface area (Å²) in [5, 5.41) is 1.82. The van der Waals surface area contributed by atoms with E-state index in [2.05, 4.69) is 0 Å². The Morgan fingerprint density at radius 3 is 2.26 bits per heavy atom. The van der Waals surface area contributed by atoms with Gasteiger partial charge in [-0.3, -0.25) is 9.59 Å². The number of Topliss-reactive ketones (excluding diaryl/α,β-unsaturated/α-hetero) is 1. The van der Waals surface area contributed by atoms with Crippen molar-refractivity contribution in [1.82, 2.24) is 5.32 Å². The minimum Gasteiger partial charge on any atom is -0.347 e. The van der Waals surface area contributed by atoms with Gasteiger partial charge in [-0.2, -0.15) is 13.2 Å². The molecule has 110 valence electrons. The zero-order chi connectivity index (χ0) is 14.7. The molecule has 0 atom stereocenters. The van der Waals surface area contributed by atoms with Gasteiger partial charge in [-0.05, 0) is 31.6 Å². The molecule has 0 saturated heterocycles. The summed E-state index contributed by atoms with van der Waals surface area (Å²) in [6.45, 7) is 1.74. The lowest BCUT2D eigenvalue weighted by atomic mass is 9.68. The normalized spacial score (nSPS) is 27.9. The van der Waals surface area contributed by atoms with Crippen molar-refractivity contribution < 1.29 is 22.8 Å². The van der Waals surface area contributed by atoms with Gasteiger partial charge in [0.25, 0.3) is 0 Å². The summed E-state index contributed by atoms with van der Waals surface area (Å²) in [5.74, 6) is -2.10. The average Bonchev–Trinajstić information content (AvgIpc) is 2.36. The molecule has 0 aromatic rings. The maximum Gasteiger partial charge on any atom is 0.471 e. The molecule has 0 radical (unpaired) electrons. The van der Waals surface area contributed by atoms with Crippen LogP contribution in [0.25, 0.3) is 0 Å². The van der Waals surface area contributed by atoms with Crippen molar-refractivity contribution in [2.24, 2.45) is 11.3 Å².